The molecule has 1 amide bonds. The molecule has 2 aromatic carbocycles. The third-order valence-corrected chi connectivity index (χ3v) is 4.34. The first-order valence-electron chi connectivity index (χ1n) is 8.41. The number of anilines is 1. The first-order chi connectivity index (χ1) is 12.5. The lowest BCUT2D eigenvalue weighted by molar-refractivity contribution is -0.124. The first-order valence-corrected chi connectivity index (χ1v) is 8.41. The van der Waals surface area contributed by atoms with Crippen molar-refractivity contribution < 1.29 is 18.7 Å². The van der Waals surface area contributed by atoms with Crippen molar-refractivity contribution in [1.29, 1.82) is 0 Å². The molecule has 1 unspecified atom stereocenters. The standard InChI is InChI=1S/C20H20N2O4/c1-4-17(19(23)22-15-7-5-6-12(2)13(15)3)26-20(24)14-8-9-18-16(10-14)21-11-25-18/h5-11,17H,4H2,1-3H3,(H,22,23). The lowest BCUT2D eigenvalue weighted by atomic mass is 10.1. The molecule has 1 atom stereocenters. The van der Waals surface area contributed by atoms with Crippen LogP contribution in [0.4, 0.5) is 5.69 Å². The Morgan fingerprint density at radius 2 is 2.04 bits per heavy atom. The van der Waals surface area contributed by atoms with Crippen molar-refractivity contribution in [3.05, 3.63) is 59.5 Å². The van der Waals surface area contributed by atoms with Crippen molar-refractivity contribution in [1.82, 2.24) is 4.98 Å². The van der Waals surface area contributed by atoms with Gasteiger partial charge in [0, 0.05) is 5.69 Å². The average molecular weight is 352 g/mol. The molecule has 134 valence electrons. The van der Waals surface area contributed by atoms with E-state index < -0.39 is 12.1 Å². The van der Waals surface area contributed by atoms with Crippen LogP contribution in [-0.4, -0.2) is 23.0 Å². The quantitative estimate of drug-likeness (QED) is 0.702. The highest BCUT2D eigenvalue weighted by atomic mass is 16.5. The van der Waals surface area contributed by atoms with Crippen LogP contribution < -0.4 is 5.32 Å². The number of aryl methyl sites for hydroxylation is 1. The SMILES string of the molecule is CCC(OC(=O)c1ccc2ocnc2c1)C(=O)Nc1cccc(C)c1C. The smallest absolute Gasteiger partial charge is 0.338 e. The maximum absolute atomic E-state index is 12.5. The molecule has 0 saturated carbocycles. The van der Waals surface area contributed by atoms with Crippen LogP contribution >= 0.6 is 0 Å². The van der Waals surface area contributed by atoms with Gasteiger partial charge in [-0.15, -0.1) is 0 Å². The fourth-order valence-corrected chi connectivity index (χ4v) is 2.60. The maximum Gasteiger partial charge on any atom is 0.338 e. The molecule has 0 fully saturated rings. The second kappa shape index (κ2) is 7.39. The highest BCUT2D eigenvalue weighted by molar-refractivity contribution is 5.99. The Hall–Kier alpha value is -3.15. The highest BCUT2D eigenvalue weighted by Crippen LogP contribution is 2.20. The molecule has 0 radical (unpaired) electrons. The number of amides is 1. The zero-order valence-electron chi connectivity index (χ0n) is 14.9. The zero-order chi connectivity index (χ0) is 18.7. The van der Waals surface area contributed by atoms with Crippen LogP contribution in [0.25, 0.3) is 11.1 Å². The molecular weight excluding hydrogens is 332 g/mol. The number of rotatable bonds is 5. The molecule has 26 heavy (non-hydrogen) atoms. The molecule has 0 aliphatic rings. The number of benzene rings is 2. The number of esters is 1. The van der Waals surface area contributed by atoms with Gasteiger partial charge in [-0.3, -0.25) is 4.79 Å². The number of aromatic nitrogens is 1. The van der Waals surface area contributed by atoms with Crippen LogP contribution in [0.15, 0.2) is 47.2 Å². The van der Waals surface area contributed by atoms with E-state index in [9.17, 15) is 9.59 Å². The topological polar surface area (TPSA) is 81.4 Å². The lowest BCUT2D eigenvalue weighted by Crippen LogP contribution is -2.32. The van der Waals surface area contributed by atoms with Gasteiger partial charge in [0.1, 0.15) is 5.52 Å². The van der Waals surface area contributed by atoms with Crippen LogP contribution in [-0.2, 0) is 9.53 Å². The van der Waals surface area contributed by atoms with Gasteiger partial charge in [-0.2, -0.15) is 0 Å². The van der Waals surface area contributed by atoms with Gasteiger partial charge in [0.05, 0.1) is 5.56 Å². The van der Waals surface area contributed by atoms with Crippen molar-refractivity contribution in [2.45, 2.75) is 33.3 Å². The summed E-state index contributed by atoms with van der Waals surface area (Å²) in [7, 11) is 0. The van der Waals surface area contributed by atoms with E-state index in [1.54, 1.807) is 25.1 Å². The molecule has 0 bridgehead atoms. The van der Waals surface area contributed by atoms with E-state index in [4.69, 9.17) is 9.15 Å². The van der Waals surface area contributed by atoms with Crippen LogP contribution in [0, 0.1) is 13.8 Å². The van der Waals surface area contributed by atoms with E-state index in [0.29, 0.717) is 28.8 Å². The van der Waals surface area contributed by atoms with Gasteiger partial charge < -0.3 is 14.5 Å². The summed E-state index contributed by atoms with van der Waals surface area (Å²) in [5.74, 6) is -0.921. The summed E-state index contributed by atoms with van der Waals surface area (Å²) < 4.78 is 10.6. The van der Waals surface area contributed by atoms with Crippen LogP contribution in [0.1, 0.15) is 34.8 Å². The monoisotopic (exact) mass is 352 g/mol. The predicted molar refractivity (Wildman–Crippen MR) is 98.0 cm³/mol. The van der Waals surface area contributed by atoms with E-state index in [1.165, 1.54) is 6.39 Å². The van der Waals surface area contributed by atoms with Crippen LogP contribution in [0.2, 0.25) is 0 Å². The van der Waals surface area contributed by atoms with Crippen molar-refractivity contribution in [3.8, 4) is 0 Å². The molecule has 0 aliphatic heterocycles. The summed E-state index contributed by atoms with van der Waals surface area (Å²) in [6.45, 7) is 5.70. The van der Waals surface area contributed by atoms with Gasteiger partial charge in [-0.1, -0.05) is 19.1 Å². The molecule has 1 N–H and O–H groups in total. The van der Waals surface area contributed by atoms with E-state index in [-0.39, 0.29) is 5.91 Å². The highest BCUT2D eigenvalue weighted by Gasteiger charge is 2.23. The van der Waals surface area contributed by atoms with Crippen LogP contribution in [0.3, 0.4) is 0 Å². The number of oxazole rings is 1. The molecule has 0 spiro atoms. The fourth-order valence-electron chi connectivity index (χ4n) is 2.60. The van der Waals surface area contributed by atoms with Crippen molar-refractivity contribution >= 4 is 28.7 Å². The van der Waals surface area contributed by atoms with Gasteiger partial charge >= 0.3 is 5.97 Å². The Kier molecular flexibility index (Phi) is 5.02. The number of nitrogens with one attached hydrogen (secondary N) is 1. The second-order valence-electron chi connectivity index (χ2n) is 6.07. The number of ether oxygens (including phenoxy) is 1. The first kappa shape index (κ1) is 17.7. The minimum atomic E-state index is -0.879. The summed E-state index contributed by atoms with van der Waals surface area (Å²) in [6, 6.07) is 10.5. The third kappa shape index (κ3) is 3.59. The summed E-state index contributed by atoms with van der Waals surface area (Å²) in [4.78, 5) is 28.9. The van der Waals surface area contributed by atoms with Crippen LogP contribution in [0.5, 0.6) is 0 Å². The molecular formula is C20H20N2O4. The molecule has 3 aromatic rings. The van der Waals surface area contributed by atoms with Gasteiger partial charge in [-0.25, -0.2) is 9.78 Å². The summed E-state index contributed by atoms with van der Waals surface area (Å²) in [6.07, 6.45) is 0.802. The molecule has 1 heterocycles. The molecule has 0 saturated heterocycles. The van der Waals surface area contributed by atoms with Gasteiger partial charge in [0.25, 0.3) is 5.91 Å². The van der Waals surface area contributed by atoms with Gasteiger partial charge in [0.15, 0.2) is 18.1 Å². The molecule has 6 nitrogen and oxygen atoms in total. The summed E-state index contributed by atoms with van der Waals surface area (Å²) >= 11 is 0. The van der Waals surface area contributed by atoms with Gasteiger partial charge in [-0.05, 0) is 55.7 Å². The molecule has 1 aromatic heterocycles. The molecule has 0 aliphatic carbocycles. The second-order valence-corrected chi connectivity index (χ2v) is 6.07. The maximum atomic E-state index is 12.5. The molecule has 6 heteroatoms. The van der Waals surface area contributed by atoms with E-state index >= 15 is 0 Å². The Balaban J connectivity index is 1.72. The van der Waals surface area contributed by atoms with E-state index in [2.05, 4.69) is 10.3 Å². The number of hydrogen-bond donors (Lipinski definition) is 1. The minimum absolute atomic E-state index is 0.324. The predicted octanol–water partition coefficient (Wildman–Crippen LogP) is 4.02. The van der Waals surface area contributed by atoms with E-state index in [1.807, 2.05) is 32.0 Å². The normalized spacial score (nSPS) is 12.0. The Morgan fingerprint density at radius 3 is 2.81 bits per heavy atom. The minimum Gasteiger partial charge on any atom is -0.449 e. The number of nitrogens with zero attached hydrogens (tertiary/aromatic N) is 1. The summed E-state index contributed by atoms with van der Waals surface area (Å²) in [5.41, 5.74) is 4.25. The Morgan fingerprint density at radius 1 is 1.23 bits per heavy atom. The number of carbonyl (C=O) groups is 2. The number of carbonyl (C=O) groups excluding carboxylic acids is 2. The van der Waals surface area contributed by atoms with Crippen molar-refractivity contribution in [2.75, 3.05) is 5.32 Å². The molecule has 3 rings (SSSR count). The Labute approximate surface area is 151 Å². The van der Waals surface area contributed by atoms with E-state index in [0.717, 1.165) is 11.1 Å². The average Bonchev–Trinajstić information content (AvgIpc) is 3.10. The zero-order valence-corrected chi connectivity index (χ0v) is 14.9. The summed E-state index contributed by atoms with van der Waals surface area (Å²) in [5, 5.41) is 2.84. The largest absolute Gasteiger partial charge is 0.449 e. The van der Waals surface area contributed by atoms with Crippen molar-refractivity contribution in [3.63, 3.8) is 0 Å². The van der Waals surface area contributed by atoms with Gasteiger partial charge in [0.2, 0.25) is 0 Å². The fraction of sp³-hybridized carbons (Fsp3) is 0.250. The van der Waals surface area contributed by atoms with Crippen molar-refractivity contribution in [2.24, 2.45) is 0 Å². The Bertz CT molecular complexity index is 961. The third-order valence-electron chi connectivity index (χ3n) is 4.34. The lowest BCUT2D eigenvalue weighted by Gasteiger charge is -2.17. The number of hydrogen-bond acceptors (Lipinski definition) is 5. The number of fused-ring (bicyclic) bond motifs is 1.